The molecule has 1 heterocycles. The highest BCUT2D eigenvalue weighted by atomic mass is 19.1. The Hall–Kier alpha value is -2.99. The van der Waals surface area contributed by atoms with Crippen molar-refractivity contribution in [3.63, 3.8) is 0 Å². The van der Waals surface area contributed by atoms with Crippen molar-refractivity contribution in [3.8, 4) is 5.69 Å². The van der Waals surface area contributed by atoms with Gasteiger partial charge in [0.15, 0.2) is 0 Å². The first-order valence-corrected chi connectivity index (χ1v) is 8.89. The SMILES string of the molecule is O=C(NCC1(C(O)c2ccccc2)CC1)c1cncn1-c1ccc(F)cc1. The number of imidazole rings is 1. The van der Waals surface area contributed by atoms with Crippen LogP contribution in [0.3, 0.4) is 0 Å². The van der Waals surface area contributed by atoms with Crippen molar-refractivity contribution in [2.75, 3.05) is 6.54 Å². The fourth-order valence-electron chi connectivity index (χ4n) is 3.31. The number of rotatable bonds is 6. The summed E-state index contributed by atoms with van der Waals surface area (Å²) < 4.78 is 14.7. The average molecular weight is 365 g/mol. The second-order valence-corrected chi connectivity index (χ2v) is 6.98. The average Bonchev–Trinajstić information content (AvgIpc) is 3.34. The zero-order valence-electron chi connectivity index (χ0n) is 14.7. The van der Waals surface area contributed by atoms with Gasteiger partial charge >= 0.3 is 0 Å². The number of amides is 1. The molecule has 1 aromatic heterocycles. The minimum absolute atomic E-state index is 0.275. The standard InChI is InChI=1S/C21H20FN3O2/c22-16-6-8-17(9-7-16)25-14-23-12-18(25)20(27)24-13-21(10-11-21)19(26)15-4-2-1-3-5-15/h1-9,12,14,19,26H,10-11,13H2,(H,24,27). The molecule has 3 aromatic rings. The van der Waals surface area contributed by atoms with Gasteiger partial charge in [-0.25, -0.2) is 9.37 Å². The summed E-state index contributed by atoms with van der Waals surface area (Å²) in [7, 11) is 0. The van der Waals surface area contributed by atoms with E-state index in [2.05, 4.69) is 10.3 Å². The molecule has 1 saturated carbocycles. The molecule has 1 amide bonds. The van der Waals surface area contributed by atoms with E-state index >= 15 is 0 Å². The topological polar surface area (TPSA) is 67.2 Å². The van der Waals surface area contributed by atoms with Gasteiger partial charge in [0, 0.05) is 17.6 Å². The Kier molecular flexibility index (Phi) is 4.49. The quantitative estimate of drug-likeness (QED) is 0.705. The fraction of sp³-hybridized carbons (Fsp3) is 0.238. The maximum atomic E-state index is 13.1. The Balaban J connectivity index is 1.46. The van der Waals surface area contributed by atoms with E-state index in [9.17, 15) is 14.3 Å². The van der Waals surface area contributed by atoms with Crippen LogP contribution in [0.1, 0.15) is 35.0 Å². The van der Waals surface area contributed by atoms with Crippen molar-refractivity contribution in [2.45, 2.75) is 18.9 Å². The fourth-order valence-corrected chi connectivity index (χ4v) is 3.31. The van der Waals surface area contributed by atoms with Crippen LogP contribution in [-0.4, -0.2) is 27.1 Å². The van der Waals surface area contributed by atoms with E-state index in [0.29, 0.717) is 17.9 Å². The van der Waals surface area contributed by atoms with Crippen LogP contribution in [0.4, 0.5) is 4.39 Å². The maximum absolute atomic E-state index is 13.1. The summed E-state index contributed by atoms with van der Waals surface area (Å²) in [5, 5.41) is 13.6. The molecule has 2 aromatic carbocycles. The first kappa shape index (κ1) is 17.4. The molecule has 6 heteroatoms. The Bertz CT molecular complexity index is 934. The molecule has 1 aliphatic carbocycles. The van der Waals surface area contributed by atoms with Crippen molar-refractivity contribution >= 4 is 5.91 Å². The third kappa shape index (κ3) is 3.48. The van der Waals surface area contributed by atoms with E-state index in [0.717, 1.165) is 18.4 Å². The van der Waals surface area contributed by atoms with Crippen LogP contribution >= 0.6 is 0 Å². The normalized spacial score (nSPS) is 15.9. The number of hydrogen-bond acceptors (Lipinski definition) is 3. The molecule has 0 aliphatic heterocycles. The van der Waals surface area contributed by atoms with Crippen LogP contribution in [0.2, 0.25) is 0 Å². The zero-order valence-corrected chi connectivity index (χ0v) is 14.7. The minimum atomic E-state index is -0.610. The summed E-state index contributed by atoms with van der Waals surface area (Å²) in [4.78, 5) is 16.7. The van der Waals surface area contributed by atoms with Crippen LogP contribution in [0, 0.1) is 11.2 Å². The number of hydrogen-bond donors (Lipinski definition) is 2. The van der Waals surface area contributed by atoms with E-state index in [1.165, 1.54) is 24.7 Å². The van der Waals surface area contributed by atoms with E-state index in [1.54, 1.807) is 16.7 Å². The molecular formula is C21H20FN3O2. The van der Waals surface area contributed by atoms with Gasteiger partial charge in [-0.1, -0.05) is 30.3 Å². The molecule has 2 N–H and O–H groups in total. The van der Waals surface area contributed by atoms with Crippen LogP contribution in [0.25, 0.3) is 5.69 Å². The molecule has 1 atom stereocenters. The van der Waals surface area contributed by atoms with Gasteiger partial charge in [-0.2, -0.15) is 0 Å². The van der Waals surface area contributed by atoms with Gasteiger partial charge in [-0.3, -0.25) is 9.36 Å². The largest absolute Gasteiger partial charge is 0.388 e. The Labute approximate surface area is 156 Å². The van der Waals surface area contributed by atoms with Gasteiger partial charge in [0.1, 0.15) is 11.5 Å². The van der Waals surface area contributed by atoms with Gasteiger partial charge in [-0.05, 0) is 42.7 Å². The summed E-state index contributed by atoms with van der Waals surface area (Å²) in [6.45, 7) is 0.385. The smallest absolute Gasteiger partial charge is 0.269 e. The van der Waals surface area contributed by atoms with Crippen LogP contribution < -0.4 is 5.32 Å². The number of benzene rings is 2. The van der Waals surface area contributed by atoms with Crippen molar-refractivity contribution < 1.29 is 14.3 Å². The van der Waals surface area contributed by atoms with Crippen molar-refractivity contribution in [1.29, 1.82) is 0 Å². The van der Waals surface area contributed by atoms with Crippen molar-refractivity contribution in [3.05, 3.63) is 84.2 Å². The number of aliphatic hydroxyl groups excluding tert-OH is 1. The monoisotopic (exact) mass is 365 g/mol. The maximum Gasteiger partial charge on any atom is 0.269 e. The number of nitrogens with zero attached hydrogens (tertiary/aromatic N) is 2. The minimum Gasteiger partial charge on any atom is -0.388 e. The number of aromatic nitrogens is 2. The number of halogens is 1. The Morgan fingerprint density at radius 1 is 1.19 bits per heavy atom. The van der Waals surface area contributed by atoms with E-state index in [4.69, 9.17) is 0 Å². The molecule has 5 nitrogen and oxygen atoms in total. The highest BCUT2D eigenvalue weighted by molar-refractivity contribution is 5.93. The highest BCUT2D eigenvalue weighted by Gasteiger charge is 2.49. The molecule has 138 valence electrons. The van der Waals surface area contributed by atoms with E-state index in [1.807, 2.05) is 30.3 Å². The molecule has 0 saturated heterocycles. The van der Waals surface area contributed by atoms with Gasteiger partial charge in [0.05, 0.1) is 18.6 Å². The van der Waals surface area contributed by atoms with Gasteiger partial charge in [-0.15, -0.1) is 0 Å². The Morgan fingerprint density at radius 2 is 1.89 bits per heavy atom. The predicted octanol–water partition coefficient (Wildman–Crippen LogP) is 3.26. The first-order chi connectivity index (χ1) is 13.1. The summed E-state index contributed by atoms with van der Waals surface area (Å²) in [5.41, 5.74) is 1.56. The van der Waals surface area contributed by atoms with E-state index < -0.39 is 6.10 Å². The van der Waals surface area contributed by atoms with Crippen LogP contribution in [0.5, 0.6) is 0 Å². The molecule has 4 rings (SSSR count). The third-order valence-corrected chi connectivity index (χ3v) is 5.16. The zero-order chi connectivity index (χ0) is 18.9. The lowest BCUT2D eigenvalue weighted by Gasteiger charge is -2.23. The van der Waals surface area contributed by atoms with Gasteiger partial charge < -0.3 is 10.4 Å². The number of nitrogens with one attached hydrogen (secondary N) is 1. The van der Waals surface area contributed by atoms with Crippen molar-refractivity contribution in [1.82, 2.24) is 14.9 Å². The van der Waals surface area contributed by atoms with Crippen LogP contribution in [0.15, 0.2) is 67.1 Å². The van der Waals surface area contributed by atoms with Crippen molar-refractivity contribution in [2.24, 2.45) is 5.41 Å². The summed E-state index contributed by atoms with van der Waals surface area (Å²) in [6.07, 6.45) is 4.11. The number of aliphatic hydroxyl groups is 1. The summed E-state index contributed by atoms with van der Waals surface area (Å²) in [6, 6.07) is 15.4. The third-order valence-electron chi connectivity index (χ3n) is 5.16. The molecule has 1 aliphatic rings. The highest BCUT2D eigenvalue weighted by Crippen LogP contribution is 2.54. The Morgan fingerprint density at radius 3 is 2.56 bits per heavy atom. The van der Waals surface area contributed by atoms with E-state index in [-0.39, 0.29) is 17.1 Å². The molecule has 0 radical (unpaired) electrons. The number of carbonyl (C=O) groups is 1. The predicted molar refractivity (Wildman–Crippen MR) is 98.9 cm³/mol. The van der Waals surface area contributed by atoms with Gasteiger partial charge in [0.2, 0.25) is 0 Å². The molecule has 1 fully saturated rings. The second-order valence-electron chi connectivity index (χ2n) is 6.98. The molecule has 27 heavy (non-hydrogen) atoms. The first-order valence-electron chi connectivity index (χ1n) is 8.89. The molecule has 0 spiro atoms. The van der Waals surface area contributed by atoms with Crippen LogP contribution in [-0.2, 0) is 0 Å². The lowest BCUT2D eigenvalue weighted by Crippen LogP contribution is -2.34. The lowest BCUT2D eigenvalue weighted by molar-refractivity contribution is 0.0804. The van der Waals surface area contributed by atoms with Gasteiger partial charge in [0.25, 0.3) is 5.91 Å². The number of carbonyl (C=O) groups excluding carboxylic acids is 1. The molecule has 0 bridgehead atoms. The molecule has 1 unspecified atom stereocenters. The summed E-state index contributed by atoms with van der Waals surface area (Å²) in [5.74, 6) is -0.612. The second kappa shape index (κ2) is 6.96. The summed E-state index contributed by atoms with van der Waals surface area (Å²) >= 11 is 0. The lowest BCUT2D eigenvalue weighted by atomic mass is 9.92. The molecular weight excluding hydrogens is 345 g/mol.